The standard InChI is InChI=1S/C13H12N2O2/c1-9(16)14-13(17)8-11-7-6-10-4-2-3-5-12(10)15-11/h2-7H,8H2,1H3,(H,14,16,17). The van der Waals surface area contributed by atoms with Crippen molar-refractivity contribution in [3.8, 4) is 0 Å². The van der Waals surface area contributed by atoms with E-state index in [0.29, 0.717) is 5.69 Å². The predicted molar refractivity (Wildman–Crippen MR) is 64.3 cm³/mol. The minimum atomic E-state index is -0.351. The Bertz CT molecular complexity index is 578. The molecule has 2 aromatic rings. The maximum absolute atomic E-state index is 11.4. The van der Waals surface area contributed by atoms with Crippen molar-refractivity contribution < 1.29 is 9.59 Å². The second kappa shape index (κ2) is 4.74. The Balaban J connectivity index is 2.19. The number of carbonyl (C=O) groups excluding carboxylic acids is 2. The van der Waals surface area contributed by atoms with Crippen LogP contribution in [0.1, 0.15) is 12.6 Å². The highest BCUT2D eigenvalue weighted by molar-refractivity contribution is 5.95. The topological polar surface area (TPSA) is 59.1 Å². The molecule has 0 aliphatic heterocycles. The van der Waals surface area contributed by atoms with Crippen LogP contribution in [0.25, 0.3) is 10.9 Å². The number of para-hydroxylation sites is 1. The summed E-state index contributed by atoms with van der Waals surface area (Å²) in [5.41, 5.74) is 1.50. The lowest BCUT2D eigenvalue weighted by Crippen LogP contribution is -2.29. The molecule has 4 heteroatoms. The minimum absolute atomic E-state index is 0.115. The summed E-state index contributed by atoms with van der Waals surface area (Å²) in [5, 5.41) is 3.25. The van der Waals surface area contributed by atoms with E-state index in [9.17, 15) is 9.59 Å². The highest BCUT2D eigenvalue weighted by Gasteiger charge is 2.06. The first kappa shape index (κ1) is 11.3. The van der Waals surface area contributed by atoms with Gasteiger partial charge < -0.3 is 0 Å². The summed E-state index contributed by atoms with van der Waals surface area (Å²) in [4.78, 5) is 26.4. The van der Waals surface area contributed by atoms with Crippen molar-refractivity contribution in [2.24, 2.45) is 0 Å². The first-order valence-electron chi connectivity index (χ1n) is 5.30. The first-order valence-corrected chi connectivity index (χ1v) is 5.30. The Kier molecular flexibility index (Phi) is 3.14. The van der Waals surface area contributed by atoms with E-state index in [1.807, 2.05) is 30.3 Å². The Morgan fingerprint density at radius 1 is 1.18 bits per heavy atom. The van der Waals surface area contributed by atoms with Gasteiger partial charge >= 0.3 is 0 Å². The van der Waals surface area contributed by atoms with Crippen molar-refractivity contribution in [2.75, 3.05) is 0 Å². The van der Waals surface area contributed by atoms with Crippen molar-refractivity contribution in [3.05, 3.63) is 42.1 Å². The zero-order valence-corrected chi connectivity index (χ0v) is 9.43. The molecule has 0 bridgehead atoms. The molecule has 0 aliphatic carbocycles. The van der Waals surface area contributed by atoms with Crippen molar-refractivity contribution in [3.63, 3.8) is 0 Å². The molecule has 1 aromatic heterocycles. The van der Waals surface area contributed by atoms with E-state index < -0.39 is 0 Å². The molecule has 0 saturated carbocycles. The van der Waals surface area contributed by atoms with Gasteiger partial charge in [0.15, 0.2) is 0 Å². The van der Waals surface area contributed by atoms with Gasteiger partial charge in [-0.2, -0.15) is 0 Å². The number of fused-ring (bicyclic) bond motifs is 1. The van der Waals surface area contributed by atoms with Crippen LogP contribution in [0.5, 0.6) is 0 Å². The van der Waals surface area contributed by atoms with E-state index in [1.165, 1.54) is 6.92 Å². The summed E-state index contributed by atoms with van der Waals surface area (Å²) in [7, 11) is 0. The number of nitrogens with one attached hydrogen (secondary N) is 1. The monoisotopic (exact) mass is 228 g/mol. The van der Waals surface area contributed by atoms with Crippen LogP contribution in [0.2, 0.25) is 0 Å². The lowest BCUT2D eigenvalue weighted by atomic mass is 10.2. The Labute approximate surface area is 98.7 Å². The van der Waals surface area contributed by atoms with Gasteiger partial charge in [-0.3, -0.25) is 19.9 Å². The van der Waals surface area contributed by atoms with E-state index in [1.54, 1.807) is 6.07 Å². The average Bonchev–Trinajstić information content (AvgIpc) is 2.27. The van der Waals surface area contributed by atoms with E-state index in [2.05, 4.69) is 10.3 Å². The zero-order chi connectivity index (χ0) is 12.3. The minimum Gasteiger partial charge on any atom is -0.296 e. The van der Waals surface area contributed by atoms with E-state index in [-0.39, 0.29) is 18.2 Å². The zero-order valence-electron chi connectivity index (χ0n) is 9.43. The van der Waals surface area contributed by atoms with Crippen molar-refractivity contribution >= 4 is 22.7 Å². The number of nitrogens with zero attached hydrogens (tertiary/aromatic N) is 1. The maximum atomic E-state index is 11.4. The molecular formula is C13H12N2O2. The average molecular weight is 228 g/mol. The van der Waals surface area contributed by atoms with Crippen LogP contribution in [0, 0.1) is 0 Å². The molecule has 86 valence electrons. The van der Waals surface area contributed by atoms with Crippen molar-refractivity contribution in [1.82, 2.24) is 10.3 Å². The number of amides is 2. The van der Waals surface area contributed by atoms with Gasteiger partial charge in [-0.1, -0.05) is 24.3 Å². The van der Waals surface area contributed by atoms with Crippen LogP contribution >= 0.6 is 0 Å². The molecule has 0 spiro atoms. The maximum Gasteiger partial charge on any atom is 0.232 e. The molecule has 1 heterocycles. The summed E-state index contributed by atoms with van der Waals surface area (Å²) < 4.78 is 0. The van der Waals surface area contributed by atoms with Crippen LogP contribution < -0.4 is 5.32 Å². The molecule has 0 radical (unpaired) electrons. The Morgan fingerprint density at radius 3 is 2.71 bits per heavy atom. The number of benzene rings is 1. The molecule has 4 nitrogen and oxygen atoms in total. The van der Waals surface area contributed by atoms with Gasteiger partial charge in [0.2, 0.25) is 11.8 Å². The van der Waals surface area contributed by atoms with Gasteiger partial charge in [0.25, 0.3) is 0 Å². The third kappa shape index (κ3) is 2.87. The van der Waals surface area contributed by atoms with Gasteiger partial charge in [-0.05, 0) is 12.1 Å². The molecule has 17 heavy (non-hydrogen) atoms. The van der Waals surface area contributed by atoms with Gasteiger partial charge in [-0.15, -0.1) is 0 Å². The lowest BCUT2D eigenvalue weighted by Gasteiger charge is -2.02. The molecule has 0 fully saturated rings. The van der Waals surface area contributed by atoms with Crippen molar-refractivity contribution in [2.45, 2.75) is 13.3 Å². The SMILES string of the molecule is CC(=O)NC(=O)Cc1ccc2ccccc2n1. The van der Waals surface area contributed by atoms with Gasteiger partial charge in [0.1, 0.15) is 0 Å². The molecule has 1 N–H and O–H groups in total. The number of rotatable bonds is 2. The third-order valence-electron chi connectivity index (χ3n) is 2.31. The summed E-state index contributed by atoms with van der Waals surface area (Å²) in [6.07, 6.45) is 0.115. The molecule has 2 rings (SSSR count). The van der Waals surface area contributed by atoms with Gasteiger partial charge in [0, 0.05) is 12.3 Å². The molecule has 1 aromatic carbocycles. The van der Waals surface area contributed by atoms with Crippen LogP contribution in [-0.4, -0.2) is 16.8 Å². The highest BCUT2D eigenvalue weighted by atomic mass is 16.2. The fourth-order valence-corrected chi connectivity index (χ4v) is 1.61. The summed E-state index contributed by atoms with van der Waals surface area (Å²) in [6, 6.07) is 11.4. The fourth-order valence-electron chi connectivity index (χ4n) is 1.61. The first-order chi connectivity index (χ1) is 8.15. The van der Waals surface area contributed by atoms with Crippen LogP contribution in [0.3, 0.4) is 0 Å². The summed E-state index contributed by atoms with van der Waals surface area (Å²) >= 11 is 0. The second-order valence-corrected chi connectivity index (χ2v) is 3.78. The number of pyridine rings is 1. The predicted octanol–water partition coefficient (Wildman–Crippen LogP) is 1.44. The normalized spacial score (nSPS) is 10.2. The molecule has 0 aliphatic rings. The Hall–Kier alpha value is -2.23. The van der Waals surface area contributed by atoms with Crippen LogP contribution in [0.15, 0.2) is 36.4 Å². The van der Waals surface area contributed by atoms with E-state index in [4.69, 9.17) is 0 Å². The number of hydrogen-bond donors (Lipinski definition) is 1. The largest absolute Gasteiger partial charge is 0.296 e. The number of hydrogen-bond acceptors (Lipinski definition) is 3. The van der Waals surface area contributed by atoms with Crippen molar-refractivity contribution in [1.29, 1.82) is 0 Å². The van der Waals surface area contributed by atoms with Gasteiger partial charge in [0.05, 0.1) is 17.6 Å². The molecule has 0 unspecified atom stereocenters. The van der Waals surface area contributed by atoms with Crippen LogP contribution in [-0.2, 0) is 16.0 Å². The number of aromatic nitrogens is 1. The summed E-state index contributed by atoms with van der Waals surface area (Å²) in [6.45, 7) is 1.31. The summed E-state index contributed by atoms with van der Waals surface area (Å²) in [5.74, 6) is -0.684. The second-order valence-electron chi connectivity index (χ2n) is 3.78. The third-order valence-corrected chi connectivity index (χ3v) is 2.31. The fraction of sp³-hybridized carbons (Fsp3) is 0.154. The Morgan fingerprint density at radius 2 is 1.94 bits per heavy atom. The molecule has 2 amide bonds. The molecule has 0 saturated heterocycles. The molecular weight excluding hydrogens is 216 g/mol. The van der Waals surface area contributed by atoms with Gasteiger partial charge in [-0.25, -0.2) is 0 Å². The lowest BCUT2D eigenvalue weighted by molar-refractivity contribution is -0.128. The quantitative estimate of drug-likeness (QED) is 0.846. The highest BCUT2D eigenvalue weighted by Crippen LogP contribution is 2.11. The van der Waals surface area contributed by atoms with E-state index in [0.717, 1.165) is 10.9 Å². The number of imide groups is 1. The number of carbonyl (C=O) groups is 2. The van der Waals surface area contributed by atoms with E-state index >= 15 is 0 Å². The smallest absolute Gasteiger partial charge is 0.232 e. The van der Waals surface area contributed by atoms with Crippen LogP contribution in [0.4, 0.5) is 0 Å². The molecule has 0 atom stereocenters.